The summed E-state index contributed by atoms with van der Waals surface area (Å²) in [6, 6.07) is 17.4. The Kier molecular flexibility index (Phi) is 2.33. The SMILES string of the molecule is Fc1ccc(-c2ccc3ccccc3c2)nc1. The van der Waals surface area contributed by atoms with Crippen LogP contribution in [0.15, 0.2) is 60.8 Å². The van der Waals surface area contributed by atoms with Crippen LogP contribution in [0.4, 0.5) is 4.39 Å². The normalized spacial score (nSPS) is 10.6. The van der Waals surface area contributed by atoms with E-state index in [4.69, 9.17) is 0 Å². The molecule has 0 aliphatic carbocycles. The topological polar surface area (TPSA) is 12.9 Å². The number of hydrogen-bond acceptors (Lipinski definition) is 1. The quantitative estimate of drug-likeness (QED) is 0.606. The number of rotatable bonds is 1. The lowest BCUT2D eigenvalue weighted by atomic mass is 10.0. The van der Waals surface area contributed by atoms with Gasteiger partial charge >= 0.3 is 0 Å². The molecule has 0 N–H and O–H groups in total. The van der Waals surface area contributed by atoms with Crippen molar-refractivity contribution < 1.29 is 4.39 Å². The second-order valence-electron chi connectivity index (χ2n) is 3.92. The number of benzene rings is 2. The van der Waals surface area contributed by atoms with Crippen LogP contribution in [0.5, 0.6) is 0 Å². The highest BCUT2D eigenvalue weighted by Gasteiger charge is 2.00. The van der Waals surface area contributed by atoms with Crippen LogP contribution in [-0.2, 0) is 0 Å². The van der Waals surface area contributed by atoms with E-state index in [1.807, 2.05) is 18.2 Å². The lowest BCUT2D eigenvalue weighted by molar-refractivity contribution is 0.622. The first-order valence-electron chi connectivity index (χ1n) is 5.44. The van der Waals surface area contributed by atoms with Crippen molar-refractivity contribution in [1.82, 2.24) is 4.98 Å². The van der Waals surface area contributed by atoms with Gasteiger partial charge in [0.2, 0.25) is 0 Å². The van der Waals surface area contributed by atoms with Gasteiger partial charge in [-0.15, -0.1) is 0 Å². The highest BCUT2D eigenvalue weighted by Crippen LogP contribution is 2.22. The Labute approximate surface area is 98.6 Å². The molecule has 0 bridgehead atoms. The molecule has 0 radical (unpaired) electrons. The van der Waals surface area contributed by atoms with Crippen LogP contribution >= 0.6 is 0 Å². The molecule has 0 aliphatic heterocycles. The average Bonchev–Trinajstić information content (AvgIpc) is 2.39. The van der Waals surface area contributed by atoms with E-state index in [0.717, 1.165) is 16.6 Å². The summed E-state index contributed by atoms with van der Waals surface area (Å²) in [5.41, 5.74) is 1.79. The summed E-state index contributed by atoms with van der Waals surface area (Å²) in [4.78, 5) is 4.08. The van der Waals surface area contributed by atoms with Gasteiger partial charge in [0.1, 0.15) is 5.82 Å². The van der Waals surface area contributed by atoms with Gasteiger partial charge in [0.15, 0.2) is 0 Å². The Balaban J connectivity index is 2.14. The van der Waals surface area contributed by atoms with Crippen LogP contribution < -0.4 is 0 Å². The van der Waals surface area contributed by atoms with Crippen molar-refractivity contribution in [2.75, 3.05) is 0 Å². The van der Waals surface area contributed by atoms with E-state index < -0.39 is 0 Å². The van der Waals surface area contributed by atoms with Gasteiger partial charge in [0.05, 0.1) is 11.9 Å². The molecule has 3 rings (SSSR count). The molecule has 1 aromatic heterocycles. The minimum absolute atomic E-state index is 0.311. The molecule has 0 aliphatic rings. The molecule has 0 spiro atoms. The standard InChI is InChI=1S/C15H10FN/c16-14-7-8-15(17-10-14)13-6-5-11-3-1-2-4-12(11)9-13/h1-10H. The molecule has 0 unspecified atom stereocenters. The van der Waals surface area contributed by atoms with E-state index in [1.165, 1.54) is 17.6 Å². The highest BCUT2D eigenvalue weighted by atomic mass is 19.1. The van der Waals surface area contributed by atoms with Crippen LogP contribution in [0.3, 0.4) is 0 Å². The van der Waals surface area contributed by atoms with Crippen molar-refractivity contribution >= 4 is 10.8 Å². The molecule has 0 saturated carbocycles. The molecule has 2 aromatic carbocycles. The lowest BCUT2D eigenvalue weighted by Crippen LogP contribution is -1.84. The van der Waals surface area contributed by atoms with Gasteiger partial charge in [-0.3, -0.25) is 4.98 Å². The molecule has 1 nitrogen and oxygen atoms in total. The second-order valence-corrected chi connectivity index (χ2v) is 3.92. The van der Waals surface area contributed by atoms with Crippen LogP contribution in [0.1, 0.15) is 0 Å². The number of aromatic nitrogens is 1. The Morgan fingerprint density at radius 1 is 0.824 bits per heavy atom. The largest absolute Gasteiger partial charge is 0.253 e. The van der Waals surface area contributed by atoms with Gasteiger partial charge in [-0.1, -0.05) is 36.4 Å². The predicted molar refractivity (Wildman–Crippen MR) is 67.1 cm³/mol. The third kappa shape index (κ3) is 1.89. The van der Waals surface area contributed by atoms with Crippen LogP contribution in [0, 0.1) is 5.82 Å². The first kappa shape index (κ1) is 9.97. The van der Waals surface area contributed by atoms with Gasteiger partial charge in [-0.05, 0) is 29.0 Å². The molecular weight excluding hydrogens is 213 g/mol. The molecule has 2 heteroatoms. The predicted octanol–water partition coefficient (Wildman–Crippen LogP) is 4.04. The number of fused-ring (bicyclic) bond motifs is 1. The minimum atomic E-state index is -0.311. The maximum absolute atomic E-state index is 12.8. The fraction of sp³-hybridized carbons (Fsp3) is 0. The summed E-state index contributed by atoms with van der Waals surface area (Å²) < 4.78 is 12.8. The maximum atomic E-state index is 12.8. The minimum Gasteiger partial charge on any atom is -0.253 e. The number of hydrogen-bond donors (Lipinski definition) is 0. The molecule has 1 heterocycles. The number of nitrogens with zero attached hydrogens (tertiary/aromatic N) is 1. The van der Waals surface area contributed by atoms with Crippen LogP contribution in [0.25, 0.3) is 22.0 Å². The van der Waals surface area contributed by atoms with Crippen LogP contribution in [0.2, 0.25) is 0 Å². The zero-order chi connectivity index (χ0) is 11.7. The Morgan fingerprint density at radius 3 is 2.41 bits per heavy atom. The summed E-state index contributed by atoms with van der Waals surface area (Å²) in [7, 11) is 0. The molecule has 0 amide bonds. The molecule has 3 aromatic rings. The van der Waals surface area contributed by atoms with Crippen LogP contribution in [-0.4, -0.2) is 4.98 Å². The summed E-state index contributed by atoms with van der Waals surface area (Å²) in [6.07, 6.45) is 1.24. The van der Waals surface area contributed by atoms with Crippen molar-refractivity contribution in [3.63, 3.8) is 0 Å². The van der Waals surface area contributed by atoms with E-state index in [9.17, 15) is 4.39 Å². The van der Waals surface area contributed by atoms with Gasteiger partial charge < -0.3 is 0 Å². The highest BCUT2D eigenvalue weighted by molar-refractivity contribution is 5.86. The Morgan fingerprint density at radius 2 is 1.65 bits per heavy atom. The van der Waals surface area contributed by atoms with Crippen molar-refractivity contribution in [3.05, 3.63) is 66.6 Å². The molecule has 17 heavy (non-hydrogen) atoms. The Bertz CT molecular complexity index is 659. The van der Waals surface area contributed by atoms with Gasteiger partial charge in [-0.2, -0.15) is 0 Å². The van der Waals surface area contributed by atoms with Gasteiger partial charge in [0.25, 0.3) is 0 Å². The van der Waals surface area contributed by atoms with Gasteiger partial charge in [-0.25, -0.2) is 4.39 Å². The third-order valence-corrected chi connectivity index (χ3v) is 2.77. The monoisotopic (exact) mass is 223 g/mol. The Hall–Kier alpha value is -2.22. The lowest BCUT2D eigenvalue weighted by Gasteiger charge is -2.03. The third-order valence-electron chi connectivity index (χ3n) is 2.77. The molecule has 0 atom stereocenters. The van der Waals surface area contributed by atoms with Crippen molar-refractivity contribution in [2.45, 2.75) is 0 Å². The smallest absolute Gasteiger partial charge is 0.141 e. The van der Waals surface area contributed by atoms with Crippen molar-refractivity contribution in [1.29, 1.82) is 0 Å². The van der Waals surface area contributed by atoms with Gasteiger partial charge in [0, 0.05) is 5.56 Å². The van der Waals surface area contributed by atoms with E-state index in [0.29, 0.717) is 0 Å². The summed E-state index contributed by atoms with van der Waals surface area (Å²) >= 11 is 0. The maximum Gasteiger partial charge on any atom is 0.141 e. The fourth-order valence-electron chi connectivity index (χ4n) is 1.90. The molecule has 0 fully saturated rings. The first-order chi connectivity index (χ1) is 8.33. The summed E-state index contributed by atoms with van der Waals surface area (Å²) in [5, 5.41) is 2.36. The summed E-state index contributed by atoms with van der Waals surface area (Å²) in [5.74, 6) is -0.311. The zero-order valence-corrected chi connectivity index (χ0v) is 9.10. The van der Waals surface area contributed by atoms with E-state index in [-0.39, 0.29) is 5.82 Å². The van der Waals surface area contributed by atoms with Crippen molar-refractivity contribution in [3.8, 4) is 11.3 Å². The van der Waals surface area contributed by atoms with E-state index in [1.54, 1.807) is 6.07 Å². The zero-order valence-electron chi connectivity index (χ0n) is 9.10. The summed E-state index contributed by atoms with van der Waals surface area (Å²) in [6.45, 7) is 0. The fourth-order valence-corrected chi connectivity index (χ4v) is 1.90. The van der Waals surface area contributed by atoms with E-state index in [2.05, 4.69) is 29.2 Å². The molecule has 82 valence electrons. The van der Waals surface area contributed by atoms with E-state index >= 15 is 0 Å². The average molecular weight is 223 g/mol. The number of pyridine rings is 1. The molecule has 0 saturated heterocycles. The first-order valence-corrected chi connectivity index (χ1v) is 5.44. The second kappa shape index (κ2) is 3.98. The molecular formula is C15H10FN. The van der Waals surface area contributed by atoms with Crippen molar-refractivity contribution in [2.24, 2.45) is 0 Å². The number of halogens is 1.